The van der Waals surface area contributed by atoms with Crippen LogP contribution in [-0.2, 0) is 27.2 Å². The summed E-state index contributed by atoms with van der Waals surface area (Å²) < 4.78 is 4.93. The molecule has 0 atom stereocenters. The molecule has 2 aromatic carbocycles. The van der Waals surface area contributed by atoms with E-state index < -0.39 is 24.4 Å². The molecule has 0 radical (unpaired) electrons. The van der Waals surface area contributed by atoms with E-state index in [1.807, 2.05) is 6.07 Å². The van der Waals surface area contributed by atoms with Crippen LogP contribution in [0.2, 0.25) is 5.02 Å². The van der Waals surface area contributed by atoms with Crippen LogP contribution in [0.25, 0.3) is 0 Å². The second kappa shape index (κ2) is 9.61. The number of nitrogens with one attached hydrogen (secondary N) is 2. The molecule has 0 heterocycles. The summed E-state index contributed by atoms with van der Waals surface area (Å²) >= 11 is 7.13. The van der Waals surface area contributed by atoms with E-state index in [0.29, 0.717) is 10.6 Å². The number of esters is 1. The van der Waals surface area contributed by atoms with Gasteiger partial charge in [0.15, 0.2) is 6.61 Å². The van der Waals surface area contributed by atoms with Gasteiger partial charge in [-0.1, -0.05) is 17.7 Å². The number of amides is 2. The minimum absolute atomic E-state index is 0.114. The molecule has 6 nitrogen and oxygen atoms in total. The first-order chi connectivity index (χ1) is 13.5. The SMILES string of the molecule is O=C(COC(=O)CSc1ccc2c(c1)CCC2)NNC(=O)c1ccc(Cl)cc1. The highest BCUT2D eigenvalue weighted by Crippen LogP contribution is 2.27. The van der Waals surface area contributed by atoms with Gasteiger partial charge in [0.1, 0.15) is 0 Å². The van der Waals surface area contributed by atoms with Gasteiger partial charge in [-0.3, -0.25) is 25.2 Å². The van der Waals surface area contributed by atoms with Crippen LogP contribution in [0.4, 0.5) is 0 Å². The van der Waals surface area contributed by atoms with Crippen molar-refractivity contribution >= 4 is 41.1 Å². The van der Waals surface area contributed by atoms with Crippen LogP contribution >= 0.6 is 23.4 Å². The Balaban J connectivity index is 1.35. The minimum Gasteiger partial charge on any atom is -0.455 e. The predicted octanol–water partition coefficient (Wildman–Crippen LogP) is 2.93. The van der Waals surface area contributed by atoms with Crippen molar-refractivity contribution in [3.05, 3.63) is 64.2 Å². The predicted molar refractivity (Wildman–Crippen MR) is 107 cm³/mol. The second-order valence-electron chi connectivity index (χ2n) is 6.24. The second-order valence-corrected chi connectivity index (χ2v) is 7.73. The highest BCUT2D eigenvalue weighted by molar-refractivity contribution is 8.00. The van der Waals surface area contributed by atoms with Crippen molar-refractivity contribution in [3.63, 3.8) is 0 Å². The summed E-state index contributed by atoms with van der Waals surface area (Å²) in [6, 6.07) is 12.4. The smallest absolute Gasteiger partial charge is 0.316 e. The lowest BCUT2D eigenvalue weighted by atomic mass is 10.1. The van der Waals surface area contributed by atoms with Gasteiger partial charge in [-0.15, -0.1) is 11.8 Å². The van der Waals surface area contributed by atoms with Crippen LogP contribution in [0, 0.1) is 0 Å². The van der Waals surface area contributed by atoms with Gasteiger partial charge in [0.05, 0.1) is 5.75 Å². The summed E-state index contributed by atoms with van der Waals surface area (Å²) in [6.45, 7) is -0.468. The van der Waals surface area contributed by atoms with E-state index in [-0.39, 0.29) is 5.75 Å². The lowest BCUT2D eigenvalue weighted by molar-refractivity contribution is -0.146. The molecule has 8 heteroatoms. The lowest BCUT2D eigenvalue weighted by Gasteiger charge is -2.08. The summed E-state index contributed by atoms with van der Waals surface area (Å²) in [5.74, 6) is -1.50. The summed E-state index contributed by atoms with van der Waals surface area (Å²) in [4.78, 5) is 36.4. The Morgan fingerprint density at radius 3 is 2.54 bits per heavy atom. The molecule has 0 aromatic heterocycles. The monoisotopic (exact) mass is 418 g/mol. The molecule has 0 saturated heterocycles. The average molecular weight is 419 g/mol. The molecule has 1 aliphatic rings. The number of rotatable bonds is 6. The lowest BCUT2D eigenvalue weighted by Crippen LogP contribution is -2.43. The van der Waals surface area contributed by atoms with Crippen LogP contribution in [0.3, 0.4) is 0 Å². The van der Waals surface area contributed by atoms with Gasteiger partial charge in [0.2, 0.25) is 0 Å². The van der Waals surface area contributed by atoms with Gasteiger partial charge in [0.25, 0.3) is 11.8 Å². The molecular formula is C20H19ClN2O4S. The van der Waals surface area contributed by atoms with Crippen molar-refractivity contribution in [2.45, 2.75) is 24.2 Å². The Morgan fingerprint density at radius 1 is 1.00 bits per heavy atom. The fraction of sp³-hybridized carbons (Fsp3) is 0.250. The van der Waals surface area contributed by atoms with E-state index in [4.69, 9.17) is 16.3 Å². The fourth-order valence-corrected chi connectivity index (χ4v) is 3.69. The molecule has 0 spiro atoms. The highest BCUT2D eigenvalue weighted by Gasteiger charge is 2.13. The first-order valence-electron chi connectivity index (χ1n) is 8.76. The first-order valence-corrected chi connectivity index (χ1v) is 10.1. The topological polar surface area (TPSA) is 84.5 Å². The molecule has 146 valence electrons. The van der Waals surface area contributed by atoms with E-state index in [1.165, 1.54) is 41.4 Å². The van der Waals surface area contributed by atoms with Crippen LogP contribution in [0.5, 0.6) is 0 Å². The Labute approximate surface area is 171 Å². The molecule has 1 aliphatic carbocycles. The maximum atomic E-state index is 11.9. The van der Waals surface area contributed by atoms with Crippen LogP contribution in [-0.4, -0.2) is 30.1 Å². The molecule has 3 rings (SSSR count). The van der Waals surface area contributed by atoms with E-state index in [1.54, 1.807) is 12.1 Å². The molecule has 0 saturated carbocycles. The van der Waals surface area contributed by atoms with Gasteiger partial charge >= 0.3 is 5.97 Å². The molecule has 2 aromatic rings. The van der Waals surface area contributed by atoms with Gasteiger partial charge < -0.3 is 4.74 Å². The Hall–Kier alpha value is -2.51. The average Bonchev–Trinajstić information content (AvgIpc) is 3.17. The third-order valence-electron chi connectivity index (χ3n) is 4.21. The molecule has 0 aliphatic heterocycles. The van der Waals surface area contributed by atoms with Crippen LogP contribution in [0.15, 0.2) is 47.4 Å². The van der Waals surface area contributed by atoms with Crippen molar-refractivity contribution in [2.75, 3.05) is 12.4 Å². The fourth-order valence-electron chi connectivity index (χ4n) is 2.80. The summed E-state index contributed by atoms with van der Waals surface area (Å²) in [5, 5.41) is 0.505. The van der Waals surface area contributed by atoms with E-state index >= 15 is 0 Å². The van der Waals surface area contributed by atoms with Gasteiger partial charge in [0, 0.05) is 15.5 Å². The number of hydrogen-bond donors (Lipinski definition) is 2. The number of thioether (sulfide) groups is 1. The summed E-state index contributed by atoms with van der Waals surface area (Å²) in [5.41, 5.74) is 7.50. The number of carbonyl (C=O) groups is 3. The molecule has 0 bridgehead atoms. The van der Waals surface area contributed by atoms with Gasteiger partial charge in [-0.2, -0.15) is 0 Å². The molecule has 2 amide bonds. The normalized spacial score (nSPS) is 12.2. The third kappa shape index (κ3) is 5.74. The van der Waals surface area contributed by atoms with E-state index in [2.05, 4.69) is 23.0 Å². The number of carbonyl (C=O) groups excluding carboxylic acids is 3. The summed E-state index contributed by atoms with van der Waals surface area (Å²) in [6.07, 6.45) is 3.37. The zero-order valence-corrected chi connectivity index (χ0v) is 16.6. The molecule has 28 heavy (non-hydrogen) atoms. The van der Waals surface area contributed by atoms with Crippen LogP contribution < -0.4 is 10.9 Å². The maximum Gasteiger partial charge on any atom is 0.316 e. The maximum absolute atomic E-state index is 11.9. The molecular weight excluding hydrogens is 400 g/mol. The third-order valence-corrected chi connectivity index (χ3v) is 5.43. The van der Waals surface area contributed by atoms with Gasteiger partial charge in [-0.25, -0.2) is 0 Å². The van der Waals surface area contributed by atoms with E-state index in [0.717, 1.165) is 17.7 Å². The first kappa shape index (κ1) is 20.2. The van der Waals surface area contributed by atoms with Crippen molar-refractivity contribution < 1.29 is 19.1 Å². The van der Waals surface area contributed by atoms with E-state index in [9.17, 15) is 14.4 Å². The largest absolute Gasteiger partial charge is 0.455 e. The zero-order valence-electron chi connectivity index (χ0n) is 15.0. The Bertz CT molecular complexity index is 886. The Kier molecular flexibility index (Phi) is 6.95. The Morgan fingerprint density at radius 2 is 1.75 bits per heavy atom. The molecule has 2 N–H and O–H groups in total. The quantitative estimate of drug-likeness (QED) is 0.428. The number of halogens is 1. The molecule has 0 unspecified atom stereocenters. The number of benzene rings is 2. The van der Waals surface area contributed by atoms with Crippen molar-refractivity contribution in [2.24, 2.45) is 0 Å². The van der Waals surface area contributed by atoms with Gasteiger partial charge in [-0.05, 0) is 66.8 Å². The number of fused-ring (bicyclic) bond motifs is 1. The summed E-state index contributed by atoms with van der Waals surface area (Å²) in [7, 11) is 0. The zero-order chi connectivity index (χ0) is 19.9. The highest BCUT2D eigenvalue weighted by atomic mass is 35.5. The van der Waals surface area contributed by atoms with Crippen LogP contribution in [0.1, 0.15) is 27.9 Å². The van der Waals surface area contributed by atoms with Crippen molar-refractivity contribution in [1.29, 1.82) is 0 Å². The van der Waals surface area contributed by atoms with Crippen molar-refractivity contribution in [3.8, 4) is 0 Å². The molecule has 0 fully saturated rings. The standard InChI is InChI=1S/C20H19ClN2O4S/c21-16-7-4-14(5-8-16)20(26)23-22-18(24)11-27-19(25)12-28-17-9-6-13-2-1-3-15(13)10-17/h4-10H,1-3,11-12H2,(H,22,24)(H,23,26). The number of hydrogen-bond acceptors (Lipinski definition) is 5. The number of aryl methyl sites for hydroxylation is 2. The number of ether oxygens (including phenoxy) is 1. The number of hydrazine groups is 1. The minimum atomic E-state index is -0.627. The van der Waals surface area contributed by atoms with Crippen molar-refractivity contribution in [1.82, 2.24) is 10.9 Å².